The number of benzene rings is 1. The highest BCUT2D eigenvalue weighted by Crippen LogP contribution is 2.33. The molecule has 3 nitrogen and oxygen atoms in total. The van der Waals surface area contributed by atoms with Crippen LogP contribution in [0.2, 0.25) is 5.02 Å². The maximum Gasteiger partial charge on any atom is 0.417 e. The fourth-order valence-corrected chi connectivity index (χ4v) is 1.44. The predicted octanol–water partition coefficient (Wildman–Crippen LogP) is 2.23. The van der Waals surface area contributed by atoms with Crippen LogP contribution in [-0.2, 0) is 11.2 Å². The molecule has 1 atom stereocenters. The van der Waals surface area contributed by atoms with Crippen LogP contribution in [0.15, 0.2) is 24.3 Å². The molecule has 0 bridgehead atoms. The molecule has 1 rings (SSSR count). The van der Waals surface area contributed by atoms with Crippen LogP contribution in [0.5, 0.6) is 0 Å². The summed E-state index contributed by atoms with van der Waals surface area (Å²) in [5, 5.41) is 8.68. The lowest BCUT2D eigenvalue weighted by Crippen LogP contribution is -2.61. The number of carboxylic acid groups (broad SMARTS) is 1. The molecule has 0 saturated carbocycles. The van der Waals surface area contributed by atoms with Crippen LogP contribution in [-0.4, -0.2) is 22.8 Å². The molecule has 0 amide bonds. The number of carboxylic acids is 1. The number of alkyl halides is 3. The van der Waals surface area contributed by atoms with E-state index in [-0.39, 0.29) is 10.6 Å². The van der Waals surface area contributed by atoms with Gasteiger partial charge in [-0.3, -0.25) is 0 Å². The van der Waals surface area contributed by atoms with Crippen LogP contribution in [0.25, 0.3) is 0 Å². The highest BCUT2D eigenvalue weighted by molar-refractivity contribution is 6.31. The first-order chi connectivity index (χ1) is 7.68. The topological polar surface area (TPSA) is 63.3 Å². The van der Waals surface area contributed by atoms with E-state index in [1.54, 1.807) is 0 Å². The summed E-state index contributed by atoms with van der Waals surface area (Å²) in [6, 6.07) is 5.66. The molecule has 94 valence electrons. The fourth-order valence-electron chi connectivity index (χ4n) is 1.24. The van der Waals surface area contributed by atoms with Gasteiger partial charge >= 0.3 is 12.1 Å². The number of rotatable bonds is 3. The normalized spacial score (nSPS) is 15.4. The second-order valence-electron chi connectivity index (χ2n) is 3.54. The van der Waals surface area contributed by atoms with E-state index < -0.39 is 24.1 Å². The Morgan fingerprint density at radius 2 is 1.88 bits per heavy atom. The third-order valence-electron chi connectivity index (χ3n) is 2.31. The van der Waals surface area contributed by atoms with Crippen LogP contribution < -0.4 is 5.73 Å². The fraction of sp³-hybridized carbons (Fsp3) is 0.300. The first kappa shape index (κ1) is 13.8. The quantitative estimate of drug-likeness (QED) is 0.883. The van der Waals surface area contributed by atoms with Crippen molar-refractivity contribution >= 4 is 17.6 Å². The molecule has 0 aliphatic carbocycles. The summed E-state index contributed by atoms with van der Waals surface area (Å²) >= 11 is 5.67. The van der Waals surface area contributed by atoms with E-state index in [2.05, 4.69) is 0 Å². The summed E-state index contributed by atoms with van der Waals surface area (Å²) in [4.78, 5) is 10.7. The summed E-state index contributed by atoms with van der Waals surface area (Å²) in [5.74, 6) is -2.13. The van der Waals surface area contributed by atoms with E-state index >= 15 is 0 Å². The SMILES string of the molecule is NC(Cc1ccccc1Cl)(C(=O)O)C(F)(F)F. The molecule has 17 heavy (non-hydrogen) atoms. The van der Waals surface area contributed by atoms with E-state index in [9.17, 15) is 18.0 Å². The molecule has 1 unspecified atom stereocenters. The molecule has 0 radical (unpaired) electrons. The van der Waals surface area contributed by atoms with Crippen molar-refractivity contribution < 1.29 is 23.1 Å². The Kier molecular flexibility index (Phi) is 3.68. The monoisotopic (exact) mass is 267 g/mol. The maximum atomic E-state index is 12.6. The molecule has 0 saturated heterocycles. The van der Waals surface area contributed by atoms with Crippen molar-refractivity contribution in [1.82, 2.24) is 0 Å². The molecule has 0 spiro atoms. The molecule has 1 aromatic carbocycles. The number of halogens is 4. The van der Waals surface area contributed by atoms with Crippen molar-refractivity contribution in [2.75, 3.05) is 0 Å². The van der Waals surface area contributed by atoms with Crippen molar-refractivity contribution in [3.63, 3.8) is 0 Å². The molecule has 0 aromatic heterocycles. The molecule has 3 N–H and O–H groups in total. The number of carbonyl (C=O) groups is 1. The zero-order valence-electron chi connectivity index (χ0n) is 8.46. The average molecular weight is 268 g/mol. The van der Waals surface area contributed by atoms with E-state index in [4.69, 9.17) is 22.4 Å². The van der Waals surface area contributed by atoms with Gasteiger partial charge in [-0.25, -0.2) is 4.79 Å². The Bertz CT molecular complexity index is 436. The Morgan fingerprint density at radius 3 is 2.29 bits per heavy atom. The molecular weight excluding hydrogens is 259 g/mol. The van der Waals surface area contributed by atoms with E-state index in [0.717, 1.165) is 0 Å². The third-order valence-corrected chi connectivity index (χ3v) is 2.68. The maximum absolute atomic E-state index is 12.6. The lowest BCUT2D eigenvalue weighted by atomic mass is 9.91. The van der Waals surface area contributed by atoms with E-state index in [1.807, 2.05) is 0 Å². The molecule has 0 fully saturated rings. The zero-order valence-corrected chi connectivity index (χ0v) is 9.22. The van der Waals surface area contributed by atoms with Crippen molar-refractivity contribution in [2.24, 2.45) is 5.73 Å². The third kappa shape index (κ3) is 2.70. The van der Waals surface area contributed by atoms with Crippen LogP contribution in [0, 0.1) is 0 Å². The Labute approximate surface area is 100.0 Å². The van der Waals surface area contributed by atoms with E-state index in [0.29, 0.717) is 0 Å². The van der Waals surface area contributed by atoms with Crippen LogP contribution in [0.4, 0.5) is 13.2 Å². The summed E-state index contributed by atoms with van der Waals surface area (Å²) in [7, 11) is 0. The van der Waals surface area contributed by atoms with Gasteiger partial charge in [-0.05, 0) is 11.6 Å². The average Bonchev–Trinajstić information content (AvgIpc) is 2.19. The van der Waals surface area contributed by atoms with Gasteiger partial charge in [0.1, 0.15) is 0 Å². The number of aliphatic carboxylic acids is 1. The highest BCUT2D eigenvalue weighted by atomic mass is 35.5. The van der Waals surface area contributed by atoms with Gasteiger partial charge in [-0.15, -0.1) is 0 Å². The van der Waals surface area contributed by atoms with Gasteiger partial charge in [-0.2, -0.15) is 13.2 Å². The Hall–Kier alpha value is -1.27. The summed E-state index contributed by atoms with van der Waals surface area (Å²) in [6.07, 6.45) is -5.97. The minimum atomic E-state index is -5.06. The van der Waals surface area contributed by atoms with Crippen molar-refractivity contribution in [3.8, 4) is 0 Å². The first-order valence-electron chi connectivity index (χ1n) is 4.51. The molecule has 0 aliphatic heterocycles. The molecule has 0 heterocycles. The van der Waals surface area contributed by atoms with Crippen LogP contribution in [0.1, 0.15) is 5.56 Å². The molecule has 0 aliphatic rings. The van der Waals surface area contributed by atoms with Crippen molar-refractivity contribution in [1.29, 1.82) is 0 Å². The molecule has 1 aromatic rings. The smallest absolute Gasteiger partial charge is 0.417 e. The van der Waals surface area contributed by atoms with Gasteiger partial charge in [0.15, 0.2) is 0 Å². The van der Waals surface area contributed by atoms with Gasteiger partial charge in [-0.1, -0.05) is 29.8 Å². The zero-order chi connectivity index (χ0) is 13.3. The second kappa shape index (κ2) is 4.54. The minimum absolute atomic E-state index is 0.0383. The van der Waals surface area contributed by atoms with Gasteiger partial charge in [0.2, 0.25) is 5.54 Å². The van der Waals surface area contributed by atoms with Crippen LogP contribution in [0.3, 0.4) is 0 Å². The lowest BCUT2D eigenvalue weighted by Gasteiger charge is -2.27. The number of hydrogen-bond donors (Lipinski definition) is 2. The van der Waals surface area contributed by atoms with Gasteiger partial charge in [0.05, 0.1) is 0 Å². The van der Waals surface area contributed by atoms with E-state index in [1.165, 1.54) is 24.3 Å². The highest BCUT2D eigenvalue weighted by Gasteiger charge is 2.58. The van der Waals surface area contributed by atoms with Gasteiger partial charge in [0.25, 0.3) is 0 Å². The predicted molar refractivity (Wildman–Crippen MR) is 55.8 cm³/mol. The van der Waals surface area contributed by atoms with Crippen molar-refractivity contribution in [3.05, 3.63) is 34.9 Å². The summed E-state index contributed by atoms with van der Waals surface area (Å²) in [6.45, 7) is 0. The number of hydrogen-bond acceptors (Lipinski definition) is 2. The lowest BCUT2D eigenvalue weighted by molar-refractivity contribution is -0.201. The summed E-state index contributed by atoms with van der Waals surface area (Å²) in [5.41, 5.74) is 1.64. The Balaban J connectivity index is 3.13. The van der Waals surface area contributed by atoms with Crippen molar-refractivity contribution in [2.45, 2.75) is 18.1 Å². The second-order valence-corrected chi connectivity index (χ2v) is 3.95. The largest absolute Gasteiger partial charge is 0.480 e. The summed E-state index contributed by atoms with van der Waals surface area (Å²) < 4.78 is 37.9. The molecule has 7 heteroatoms. The molecular formula is C10H9ClF3NO2. The standard InChI is InChI=1S/C10H9ClF3NO2/c11-7-4-2-1-3-6(7)5-9(15,8(16)17)10(12,13)14/h1-4H,5,15H2,(H,16,17). The van der Waals surface area contributed by atoms with Gasteiger partial charge < -0.3 is 10.8 Å². The first-order valence-corrected chi connectivity index (χ1v) is 4.88. The Morgan fingerprint density at radius 1 is 1.35 bits per heavy atom. The van der Waals surface area contributed by atoms with Gasteiger partial charge in [0, 0.05) is 11.4 Å². The number of nitrogens with two attached hydrogens (primary N) is 1. The minimum Gasteiger partial charge on any atom is -0.480 e. The van der Waals surface area contributed by atoms with Crippen LogP contribution >= 0.6 is 11.6 Å².